The van der Waals surface area contributed by atoms with Gasteiger partial charge in [0.15, 0.2) is 0 Å². The number of nitrogen functional groups attached to an aromatic ring is 1. The van der Waals surface area contributed by atoms with Crippen molar-refractivity contribution in [1.29, 1.82) is 0 Å². The van der Waals surface area contributed by atoms with Crippen molar-refractivity contribution in [2.75, 3.05) is 5.73 Å². The van der Waals surface area contributed by atoms with Crippen molar-refractivity contribution in [2.24, 2.45) is 16.6 Å². The average Bonchev–Trinajstić information content (AvgIpc) is 3.53. The quantitative estimate of drug-likeness (QED) is 0.375. The molecule has 0 saturated heterocycles. The topological polar surface area (TPSA) is 162 Å². The number of carboxylic acids is 1. The summed E-state index contributed by atoms with van der Waals surface area (Å²) in [5.74, 6) is -0.889. The number of carbonyl (C=O) groups excluding carboxylic acids is 1. The van der Waals surface area contributed by atoms with E-state index in [1.807, 2.05) is 31.2 Å². The molecule has 0 radical (unpaired) electrons. The van der Waals surface area contributed by atoms with E-state index in [0.717, 1.165) is 29.5 Å². The summed E-state index contributed by atoms with van der Waals surface area (Å²) in [5.41, 5.74) is 14.3. The summed E-state index contributed by atoms with van der Waals surface area (Å²) in [6.07, 6.45) is 7.95. The molecule has 5 N–H and O–H groups in total. The number of carbonyl (C=O) groups is 2. The number of benzene rings is 1. The van der Waals surface area contributed by atoms with E-state index in [9.17, 15) is 9.59 Å². The predicted octanol–water partition coefficient (Wildman–Crippen LogP) is 1.87. The smallest absolute Gasteiger partial charge is 0.325 e. The SMILES string of the molecule is C[C@](C(N)=NC(=O)c1cnn(CC(=O)O)c1)(c1ccc(-c2cnc(N)nc2)cc1)C1CC1. The van der Waals surface area contributed by atoms with Gasteiger partial charge in [0.25, 0.3) is 5.91 Å². The lowest BCUT2D eigenvalue weighted by Gasteiger charge is -2.30. The van der Waals surface area contributed by atoms with Crippen LogP contribution in [0.5, 0.6) is 0 Å². The highest BCUT2D eigenvalue weighted by Crippen LogP contribution is 2.47. The fraction of sp³-hybridized carbons (Fsp3) is 0.273. The summed E-state index contributed by atoms with van der Waals surface area (Å²) in [6, 6.07) is 7.86. The zero-order valence-electron chi connectivity index (χ0n) is 17.5. The Labute approximate surface area is 184 Å². The number of aromatic nitrogens is 4. The molecule has 0 bridgehead atoms. The maximum Gasteiger partial charge on any atom is 0.325 e. The average molecular weight is 433 g/mol. The van der Waals surface area contributed by atoms with Crippen LogP contribution in [0.2, 0.25) is 0 Å². The van der Waals surface area contributed by atoms with Crippen LogP contribution in [0.3, 0.4) is 0 Å². The van der Waals surface area contributed by atoms with E-state index in [0.29, 0.717) is 0 Å². The molecular weight excluding hydrogens is 410 g/mol. The number of amidine groups is 1. The maximum absolute atomic E-state index is 12.6. The number of nitrogens with zero attached hydrogens (tertiary/aromatic N) is 5. The van der Waals surface area contributed by atoms with Crippen LogP contribution >= 0.6 is 0 Å². The second-order valence-corrected chi connectivity index (χ2v) is 8.01. The highest BCUT2D eigenvalue weighted by Gasteiger charge is 2.46. The van der Waals surface area contributed by atoms with E-state index >= 15 is 0 Å². The maximum atomic E-state index is 12.6. The third kappa shape index (κ3) is 4.20. The Morgan fingerprint density at radius 2 is 1.81 bits per heavy atom. The number of aliphatic carboxylic acids is 1. The van der Waals surface area contributed by atoms with Gasteiger partial charge in [-0.05, 0) is 36.8 Å². The van der Waals surface area contributed by atoms with E-state index in [-0.39, 0.29) is 29.8 Å². The zero-order chi connectivity index (χ0) is 22.9. The fourth-order valence-corrected chi connectivity index (χ4v) is 3.74. The van der Waals surface area contributed by atoms with Crippen LogP contribution in [0.4, 0.5) is 5.95 Å². The van der Waals surface area contributed by atoms with Gasteiger partial charge in [-0.1, -0.05) is 24.3 Å². The van der Waals surface area contributed by atoms with Crippen LogP contribution in [0.15, 0.2) is 54.0 Å². The van der Waals surface area contributed by atoms with Crippen molar-refractivity contribution in [2.45, 2.75) is 31.7 Å². The third-order valence-corrected chi connectivity index (χ3v) is 5.82. The normalized spacial score (nSPS) is 15.8. The number of hydrogen-bond acceptors (Lipinski definition) is 6. The molecule has 1 aromatic carbocycles. The van der Waals surface area contributed by atoms with Gasteiger partial charge in [0.05, 0.1) is 17.2 Å². The highest BCUT2D eigenvalue weighted by atomic mass is 16.4. The molecule has 1 atom stereocenters. The van der Waals surface area contributed by atoms with Gasteiger partial charge in [0, 0.05) is 24.2 Å². The molecular formula is C22H23N7O3. The Hall–Kier alpha value is -4.08. The van der Waals surface area contributed by atoms with Gasteiger partial charge in [-0.15, -0.1) is 0 Å². The fourth-order valence-electron chi connectivity index (χ4n) is 3.74. The van der Waals surface area contributed by atoms with E-state index in [4.69, 9.17) is 16.6 Å². The van der Waals surface area contributed by atoms with Crippen molar-refractivity contribution in [3.8, 4) is 11.1 Å². The summed E-state index contributed by atoms with van der Waals surface area (Å²) >= 11 is 0. The minimum Gasteiger partial charge on any atom is -0.480 e. The Morgan fingerprint density at radius 3 is 2.41 bits per heavy atom. The molecule has 10 heteroatoms. The molecule has 1 fully saturated rings. The number of anilines is 1. The minimum atomic E-state index is -1.05. The summed E-state index contributed by atoms with van der Waals surface area (Å²) in [4.78, 5) is 35.7. The molecule has 2 heterocycles. The molecule has 4 rings (SSSR count). The van der Waals surface area contributed by atoms with Crippen molar-refractivity contribution in [1.82, 2.24) is 19.7 Å². The van der Waals surface area contributed by atoms with Crippen LogP contribution in [-0.2, 0) is 16.8 Å². The number of aliphatic imine (C=N–C) groups is 1. The summed E-state index contributed by atoms with van der Waals surface area (Å²) in [5, 5.41) is 12.7. The first kappa shape index (κ1) is 21.2. The number of amides is 1. The second kappa shape index (κ2) is 8.22. The van der Waals surface area contributed by atoms with Crippen molar-refractivity contribution >= 4 is 23.7 Å². The summed E-state index contributed by atoms with van der Waals surface area (Å²) in [7, 11) is 0. The van der Waals surface area contributed by atoms with Gasteiger partial charge in [-0.3, -0.25) is 14.3 Å². The van der Waals surface area contributed by atoms with E-state index < -0.39 is 17.3 Å². The Bertz CT molecular complexity index is 1180. The molecule has 164 valence electrons. The molecule has 1 saturated carbocycles. The molecule has 32 heavy (non-hydrogen) atoms. The van der Waals surface area contributed by atoms with Crippen LogP contribution < -0.4 is 11.5 Å². The van der Waals surface area contributed by atoms with Gasteiger partial charge in [0.1, 0.15) is 12.4 Å². The van der Waals surface area contributed by atoms with Crippen LogP contribution in [0.25, 0.3) is 11.1 Å². The third-order valence-electron chi connectivity index (χ3n) is 5.82. The first-order valence-corrected chi connectivity index (χ1v) is 10.1. The van der Waals surface area contributed by atoms with Gasteiger partial charge in [-0.2, -0.15) is 10.1 Å². The van der Waals surface area contributed by atoms with Crippen molar-refractivity contribution in [3.05, 3.63) is 60.2 Å². The molecule has 1 aliphatic rings. The standard InChI is InChI=1S/C22H23N7O3/c1-22(17-6-7-17,16-4-2-13(3-5-16)14-8-25-21(24)26-9-14)20(23)28-19(32)15-10-27-29(11-15)12-18(30)31/h2-5,8-11,17H,6-7,12H2,1H3,(H,30,31)(H2,23,28,32)(H2,24,25,26)/t22-/m0/s1. The first-order chi connectivity index (χ1) is 15.3. The molecule has 2 aromatic heterocycles. The highest BCUT2D eigenvalue weighted by molar-refractivity contribution is 6.06. The lowest BCUT2D eigenvalue weighted by Crippen LogP contribution is -2.41. The monoisotopic (exact) mass is 433 g/mol. The van der Waals surface area contributed by atoms with Crippen LogP contribution in [-0.4, -0.2) is 42.6 Å². The van der Waals surface area contributed by atoms with E-state index in [2.05, 4.69) is 20.1 Å². The van der Waals surface area contributed by atoms with Gasteiger partial charge in [0.2, 0.25) is 5.95 Å². The number of nitrogens with two attached hydrogens (primary N) is 2. The number of hydrogen-bond donors (Lipinski definition) is 3. The Morgan fingerprint density at radius 1 is 1.16 bits per heavy atom. The van der Waals surface area contributed by atoms with E-state index in [1.165, 1.54) is 17.1 Å². The first-order valence-electron chi connectivity index (χ1n) is 10.1. The molecule has 10 nitrogen and oxygen atoms in total. The zero-order valence-corrected chi connectivity index (χ0v) is 17.5. The lowest BCUT2D eigenvalue weighted by atomic mass is 9.76. The number of carboxylic acid groups (broad SMARTS) is 1. The van der Waals surface area contributed by atoms with Gasteiger partial charge < -0.3 is 16.6 Å². The molecule has 0 aliphatic heterocycles. The molecule has 0 spiro atoms. The molecule has 0 unspecified atom stereocenters. The van der Waals surface area contributed by atoms with E-state index in [1.54, 1.807) is 12.4 Å². The Balaban J connectivity index is 1.60. The summed E-state index contributed by atoms with van der Waals surface area (Å²) in [6.45, 7) is 1.66. The number of rotatable bonds is 7. The van der Waals surface area contributed by atoms with Crippen LogP contribution in [0.1, 0.15) is 35.7 Å². The lowest BCUT2D eigenvalue weighted by molar-refractivity contribution is -0.137. The van der Waals surface area contributed by atoms with Crippen molar-refractivity contribution < 1.29 is 14.7 Å². The summed E-state index contributed by atoms with van der Waals surface area (Å²) < 4.78 is 1.17. The second-order valence-electron chi connectivity index (χ2n) is 8.01. The molecule has 3 aromatic rings. The van der Waals surface area contributed by atoms with Crippen molar-refractivity contribution in [3.63, 3.8) is 0 Å². The van der Waals surface area contributed by atoms with Gasteiger partial charge >= 0.3 is 5.97 Å². The predicted molar refractivity (Wildman–Crippen MR) is 118 cm³/mol. The molecule has 1 aliphatic carbocycles. The Kier molecular flexibility index (Phi) is 5.43. The largest absolute Gasteiger partial charge is 0.480 e. The van der Waals surface area contributed by atoms with Crippen LogP contribution in [0, 0.1) is 5.92 Å². The van der Waals surface area contributed by atoms with Gasteiger partial charge in [-0.25, -0.2) is 9.97 Å². The molecule has 1 amide bonds. The minimum absolute atomic E-state index is 0.186.